The molecule has 1 aliphatic rings. The van der Waals surface area contributed by atoms with E-state index in [2.05, 4.69) is 13.8 Å². The van der Waals surface area contributed by atoms with Gasteiger partial charge in [0.25, 0.3) is 0 Å². The molecule has 72 valence electrons. The summed E-state index contributed by atoms with van der Waals surface area (Å²) in [6.45, 7) is 4.78. The molecular weight excluding hydrogens is 144 g/mol. The van der Waals surface area contributed by atoms with Crippen molar-refractivity contribution in [2.75, 3.05) is 0 Å². The largest absolute Gasteiger partial charge is 0.0625 e. The molecule has 0 bridgehead atoms. The molecule has 1 fully saturated rings. The number of hydrogen-bond donors (Lipinski definition) is 0. The Morgan fingerprint density at radius 1 is 0.750 bits per heavy atom. The van der Waals surface area contributed by atoms with Crippen molar-refractivity contribution in [2.24, 2.45) is 11.8 Å². The Morgan fingerprint density at radius 3 is 1.58 bits per heavy atom. The van der Waals surface area contributed by atoms with Crippen LogP contribution < -0.4 is 0 Å². The molecule has 0 aromatic carbocycles. The highest BCUT2D eigenvalue weighted by Gasteiger charge is 2.13. The maximum Gasteiger partial charge on any atom is -0.0391 e. The predicted octanol–water partition coefficient (Wildman–Crippen LogP) is 4.39. The molecular formula is C12H24. The van der Waals surface area contributed by atoms with E-state index in [0.717, 1.165) is 11.8 Å². The molecule has 0 nitrogen and oxygen atoms in total. The van der Waals surface area contributed by atoms with E-state index in [-0.39, 0.29) is 0 Å². The van der Waals surface area contributed by atoms with Crippen molar-refractivity contribution in [2.45, 2.75) is 65.2 Å². The molecule has 0 saturated heterocycles. The van der Waals surface area contributed by atoms with Gasteiger partial charge in [0.1, 0.15) is 0 Å². The third-order valence-electron chi connectivity index (χ3n) is 3.34. The van der Waals surface area contributed by atoms with E-state index < -0.39 is 0 Å². The van der Waals surface area contributed by atoms with Crippen molar-refractivity contribution in [3.63, 3.8) is 0 Å². The Kier molecular flexibility index (Phi) is 4.72. The second-order valence-corrected chi connectivity index (χ2v) is 4.70. The lowest BCUT2D eigenvalue weighted by Gasteiger charge is -2.19. The minimum Gasteiger partial charge on any atom is -0.0625 e. The molecule has 0 N–H and O–H groups in total. The van der Waals surface area contributed by atoms with Gasteiger partial charge in [0.2, 0.25) is 0 Å². The van der Waals surface area contributed by atoms with Crippen molar-refractivity contribution in [1.29, 1.82) is 0 Å². The summed E-state index contributed by atoms with van der Waals surface area (Å²) in [5.74, 6) is 1.95. The Balaban J connectivity index is 2.28. The fourth-order valence-electron chi connectivity index (χ4n) is 2.33. The topological polar surface area (TPSA) is 0 Å². The zero-order valence-corrected chi connectivity index (χ0v) is 8.81. The summed E-state index contributed by atoms with van der Waals surface area (Å²) in [6, 6.07) is 0. The van der Waals surface area contributed by atoms with Gasteiger partial charge >= 0.3 is 0 Å². The molecule has 0 radical (unpaired) electrons. The van der Waals surface area contributed by atoms with Crippen LogP contribution in [0.2, 0.25) is 0 Å². The highest BCUT2D eigenvalue weighted by atomic mass is 14.2. The average molecular weight is 168 g/mol. The first-order valence-electron chi connectivity index (χ1n) is 5.80. The van der Waals surface area contributed by atoms with Crippen molar-refractivity contribution < 1.29 is 0 Å². The molecule has 1 rings (SSSR count). The van der Waals surface area contributed by atoms with Gasteiger partial charge in [-0.15, -0.1) is 0 Å². The zero-order chi connectivity index (χ0) is 8.81. The molecule has 0 heterocycles. The third kappa shape index (κ3) is 3.60. The van der Waals surface area contributed by atoms with E-state index in [1.165, 1.54) is 51.4 Å². The van der Waals surface area contributed by atoms with Gasteiger partial charge in [-0.05, 0) is 11.8 Å². The first-order chi connectivity index (χ1) is 5.80. The Hall–Kier alpha value is 0. The summed E-state index contributed by atoms with van der Waals surface area (Å²) in [7, 11) is 0. The van der Waals surface area contributed by atoms with E-state index in [1.54, 1.807) is 0 Å². The molecule has 0 amide bonds. The zero-order valence-electron chi connectivity index (χ0n) is 8.81. The SMILES string of the molecule is CC(C)C1CCCCCCCC1. The molecule has 0 aliphatic heterocycles. The summed E-state index contributed by atoms with van der Waals surface area (Å²) in [6.07, 6.45) is 11.9. The molecule has 0 atom stereocenters. The van der Waals surface area contributed by atoms with Gasteiger partial charge in [0.15, 0.2) is 0 Å². The summed E-state index contributed by atoms with van der Waals surface area (Å²) in [5.41, 5.74) is 0. The van der Waals surface area contributed by atoms with Gasteiger partial charge in [0, 0.05) is 0 Å². The molecule has 1 saturated carbocycles. The van der Waals surface area contributed by atoms with E-state index >= 15 is 0 Å². The van der Waals surface area contributed by atoms with Crippen LogP contribution in [0, 0.1) is 11.8 Å². The van der Waals surface area contributed by atoms with Crippen LogP contribution in [0.4, 0.5) is 0 Å². The average Bonchev–Trinajstić information content (AvgIpc) is 2.15. The van der Waals surface area contributed by atoms with Crippen LogP contribution in [-0.2, 0) is 0 Å². The van der Waals surface area contributed by atoms with Crippen molar-refractivity contribution in [3.05, 3.63) is 0 Å². The Morgan fingerprint density at radius 2 is 1.17 bits per heavy atom. The van der Waals surface area contributed by atoms with E-state index in [4.69, 9.17) is 0 Å². The summed E-state index contributed by atoms with van der Waals surface area (Å²) < 4.78 is 0. The van der Waals surface area contributed by atoms with E-state index in [1.807, 2.05) is 0 Å². The van der Waals surface area contributed by atoms with Gasteiger partial charge in [-0.25, -0.2) is 0 Å². The Bertz CT molecular complexity index is 94.6. The summed E-state index contributed by atoms with van der Waals surface area (Å²) in [4.78, 5) is 0. The number of hydrogen-bond acceptors (Lipinski definition) is 0. The van der Waals surface area contributed by atoms with Crippen molar-refractivity contribution >= 4 is 0 Å². The lowest BCUT2D eigenvalue weighted by Crippen LogP contribution is -2.08. The fraction of sp³-hybridized carbons (Fsp3) is 1.00. The highest BCUT2D eigenvalue weighted by Crippen LogP contribution is 2.27. The molecule has 1 aliphatic carbocycles. The molecule has 0 aromatic heterocycles. The predicted molar refractivity (Wildman–Crippen MR) is 55.3 cm³/mol. The fourth-order valence-corrected chi connectivity index (χ4v) is 2.33. The van der Waals surface area contributed by atoms with Crippen LogP contribution in [0.15, 0.2) is 0 Å². The van der Waals surface area contributed by atoms with Crippen LogP contribution in [0.3, 0.4) is 0 Å². The van der Waals surface area contributed by atoms with Gasteiger partial charge < -0.3 is 0 Å². The minimum absolute atomic E-state index is 0.920. The molecule has 0 heteroatoms. The van der Waals surface area contributed by atoms with Gasteiger partial charge in [-0.2, -0.15) is 0 Å². The summed E-state index contributed by atoms with van der Waals surface area (Å²) in [5, 5.41) is 0. The van der Waals surface area contributed by atoms with E-state index in [9.17, 15) is 0 Å². The quantitative estimate of drug-likeness (QED) is 0.544. The van der Waals surface area contributed by atoms with Gasteiger partial charge in [-0.1, -0.05) is 65.2 Å². The molecule has 12 heavy (non-hydrogen) atoms. The first kappa shape index (κ1) is 10.1. The highest BCUT2D eigenvalue weighted by molar-refractivity contribution is 4.65. The second-order valence-electron chi connectivity index (χ2n) is 4.70. The summed E-state index contributed by atoms with van der Waals surface area (Å²) >= 11 is 0. The van der Waals surface area contributed by atoms with Crippen LogP contribution in [0.5, 0.6) is 0 Å². The van der Waals surface area contributed by atoms with Gasteiger partial charge in [0.05, 0.1) is 0 Å². The van der Waals surface area contributed by atoms with Crippen LogP contribution >= 0.6 is 0 Å². The maximum atomic E-state index is 2.39. The van der Waals surface area contributed by atoms with Crippen molar-refractivity contribution in [1.82, 2.24) is 0 Å². The first-order valence-corrected chi connectivity index (χ1v) is 5.80. The number of rotatable bonds is 1. The lowest BCUT2D eigenvalue weighted by atomic mass is 9.87. The normalized spacial score (nSPS) is 23.2. The third-order valence-corrected chi connectivity index (χ3v) is 3.34. The van der Waals surface area contributed by atoms with Crippen LogP contribution in [-0.4, -0.2) is 0 Å². The smallest absolute Gasteiger partial charge is 0.0391 e. The minimum atomic E-state index is 0.920. The maximum absolute atomic E-state index is 2.39. The van der Waals surface area contributed by atoms with Crippen molar-refractivity contribution in [3.8, 4) is 0 Å². The van der Waals surface area contributed by atoms with Crippen LogP contribution in [0.1, 0.15) is 65.2 Å². The second kappa shape index (κ2) is 5.61. The Labute approximate surface area is 77.7 Å². The lowest BCUT2D eigenvalue weighted by molar-refractivity contribution is 0.324. The monoisotopic (exact) mass is 168 g/mol. The molecule has 0 spiro atoms. The van der Waals surface area contributed by atoms with Crippen LogP contribution in [0.25, 0.3) is 0 Å². The van der Waals surface area contributed by atoms with E-state index in [0.29, 0.717) is 0 Å². The standard InChI is InChI=1S/C12H24/c1-11(2)12-9-7-5-3-4-6-8-10-12/h11-12H,3-10H2,1-2H3. The molecule has 0 aromatic rings. The molecule has 0 unspecified atom stereocenters. The van der Waals surface area contributed by atoms with Gasteiger partial charge in [-0.3, -0.25) is 0 Å².